The highest BCUT2D eigenvalue weighted by Gasteiger charge is 2.36. The zero-order chi connectivity index (χ0) is 19.5. The lowest BCUT2D eigenvalue weighted by atomic mass is 9.99. The van der Waals surface area contributed by atoms with Crippen LogP contribution in [0.3, 0.4) is 0 Å². The minimum atomic E-state index is -3.71. The fraction of sp³-hybridized carbons (Fsp3) is 0.556. The first-order valence-corrected chi connectivity index (χ1v) is 10.6. The third kappa shape index (κ3) is 4.30. The first-order chi connectivity index (χ1) is 12.9. The minimum Gasteiger partial charge on any atom is -0.334 e. The van der Waals surface area contributed by atoms with Crippen molar-refractivity contribution < 1.29 is 13.2 Å². The molecular weight excluding hydrogens is 366 g/mol. The minimum absolute atomic E-state index is 0.0501. The highest BCUT2D eigenvalue weighted by Crippen LogP contribution is 2.29. The molecule has 146 valence electrons. The Morgan fingerprint density at radius 1 is 1.41 bits per heavy atom. The average molecular weight is 391 g/mol. The van der Waals surface area contributed by atoms with E-state index in [1.807, 2.05) is 0 Å². The lowest BCUT2D eigenvalue weighted by molar-refractivity contribution is 0.0920. The van der Waals surface area contributed by atoms with Gasteiger partial charge in [0.2, 0.25) is 10.0 Å². The van der Waals surface area contributed by atoms with Gasteiger partial charge in [-0.25, -0.2) is 8.42 Å². The fourth-order valence-electron chi connectivity index (χ4n) is 3.59. The third-order valence-corrected chi connectivity index (χ3v) is 7.05. The van der Waals surface area contributed by atoms with Gasteiger partial charge < -0.3 is 5.32 Å². The van der Waals surface area contributed by atoms with Crippen molar-refractivity contribution in [3.63, 3.8) is 0 Å². The van der Waals surface area contributed by atoms with E-state index < -0.39 is 21.5 Å². The Morgan fingerprint density at radius 3 is 2.78 bits per heavy atom. The second kappa shape index (κ2) is 7.94. The molecule has 1 aromatic rings. The van der Waals surface area contributed by atoms with E-state index in [4.69, 9.17) is 0 Å². The predicted molar refractivity (Wildman–Crippen MR) is 100 cm³/mol. The van der Waals surface area contributed by atoms with E-state index in [1.54, 1.807) is 12.1 Å². The maximum absolute atomic E-state index is 12.9. The molecular formula is C18H25N5O3S. The van der Waals surface area contributed by atoms with Crippen LogP contribution in [0.2, 0.25) is 0 Å². The number of nitrogens with zero attached hydrogens (tertiary/aromatic N) is 2. The van der Waals surface area contributed by atoms with Crippen LogP contribution in [0.1, 0.15) is 42.5 Å². The Morgan fingerprint density at radius 2 is 2.15 bits per heavy atom. The topological polar surface area (TPSA) is 114 Å². The van der Waals surface area contributed by atoms with Crippen LogP contribution in [0.4, 0.5) is 0 Å². The Labute approximate surface area is 159 Å². The van der Waals surface area contributed by atoms with Crippen molar-refractivity contribution in [2.75, 3.05) is 20.1 Å². The van der Waals surface area contributed by atoms with E-state index in [0.717, 1.165) is 25.8 Å². The number of benzene rings is 1. The molecule has 0 bridgehead atoms. The molecule has 9 heteroatoms. The van der Waals surface area contributed by atoms with Gasteiger partial charge in [-0.3, -0.25) is 15.6 Å². The largest absolute Gasteiger partial charge is 0.334 e. The standard InChI is InChI=1S/C18H25N5O3S/c1-23(12-15-7-10-20-22-15)27(25,26)16-6-4-5-14(11-16)17(24)21-18(13-19)8-2-3-9-18/h4-6,11,15,20,22H,2-3,7-10,12H2,1H3,(H,21,24). The van der Waals surface area contributed by atoms with Crippen molar-refractivity contribution in [1.29, 1.82) is 5.26 Å². The number of hydrogen-bond donors (Lipinski definition) is 3. The van der Waals surface area contributed by atoms with Crippen LogP contribution in [0.5, 0.6) is 0 Å². The van der Waals surface area contributed by atoms with Crippen molar-refractivity contribution in [2.45, 2.75) is 48.6 Å². The first-order valence-electron chi connectivity index (χ1n) is 9.15. The number of carbonyl (C=O) groups is 1. The molecule has 2 aliphatic rings. The summed E-state index contributed by atoms with van der Waals surface area (Å²) in [5.41, 5.74) is 5.43. The molecule has 0 aromatic heterocycles. The van der Waals surface area contributed by atoms with Gasteiger partial charge in [0.15, 0.2) is 0 Å². The number of sulfonamides is 1. The second-order valence-corrected chi connectivity index (χ2v) is 9.27. The number of nitrogens with one attached hydrogen (secondary N) is 3. The molecule has 1 aliphatic carbocycles. The van der Waals surface area contributed by atoms with E-state index in [0.29, 0.717) is 19.4 Å². The van der Waals surface area contributed by atoms with Gasteiger partial charge in [0, 0.05) is 31.7 Å². The molecule has 0 spiro atoms. The molecule has 2 fully saturated rings. The summed E-state index contributed by atoms with van der Waals surface area (Å²) in [6, 6.07) is 8.24. The number of amides is 1. The molecule has 3 rings (SSSR count). The van der Waals surface area contributed by atoms with Crippen molar-refractivity contribution in [3.05, 3.63) is 29.8 Å². The summed E-state index contributed by atoms with van der Waals surface area (Å²) in [6.07, 6.45) is 3.89. The molecule has 3 N–H and O–H groups in total. The molecule has 1 amide bonds. The van der Waals surface area contributed by atoms with Gasteiger partial charge in [-0.2, -0.15) is 9.57 Å². The molecule has 1 aromatic carbocycles. The third-order valence-electron chi connectivity index (χ3n) is 5.23. The fourth-order valence-corrected chi connectivity index (χ4v) is 4.85. The van der Waals surface area contributed by atoms with Crippen molar-refractivity contribution in [1.82, 2.24) is 20.5 Å². The zero-order valence-corrected chi connectivity index (χ0v) is 16.2. The van der Waals surface area contributed by atoms with E-state index >= 15 is 0 Å². The van der Waals surface area contributed by atoms with Crippen LogP contribution in [0, 0.1) is 11.3 Å². The molecule has 1 heterocycles. The van der Waals surface area contributed by atoms with Crippen molar-refractivity contribution in [3.8, 4) is 6.07 Å². The smallest absolute Gasteiger partial charge is 0.252 e. The number of carbonyl (C=O) groups excluding carboxylic acids is 1. The summed E-state index contributed by atoms with van der Waals surface area (Å²) in [4.78, 5) is 12.7. The molecule has 0 radical (unpaired) electrons. The molecule has 1 saturated carbocycles. The van der Waals surface area contributed by atoms with E-state index in [1.165, 1.54) is 23.5 Å². The van der Waals surface area contributed by atoms with Gasteiger partial charge in [0.25, 0.3) is 5.91 Å². The van der Waals surface area contributed by atoms with Crippen LogP contribution in [-0.4, -0.2) is 50.3 Å². The van der Waals surface area contributed by atoms with Gasteiger partial charge in [-0.15, -0.1) is 0 Å². The van der Waals surface area contributed by atoms with Crippen LogP contribution in [0.25, 0.3) is 0 Å². The number of hydrogen-bond acceptors (Lipinski definition) is 6. The SMILES string of the molecule is CN(CC1CCNN1)S(=O)(=O)c1cccc(C(=O)NC2(C#N)CCCC2)c1. The van der Waals surface area contributed by atoms with Crippen molar-refractivity contribution in [2.24, 2.45) is 0 Å². The summed E-state index contributed by atoms with van der Waals surface area (Å²) < 4.78 is 27.0. The maximum Gasteiger partial charge on any atom is 0.252 e. The number of likely N-dealkylation sites (N-methyl/N-ethyl adjacent to an activating group) is 1. The number of hydrazine groups is 1. The zero-order valence-electron chi connectivity index (χ0n) is 15.4. The maximum atomic E-state index is 12.9. The molecule has 27 heavy (non-hydrogen) atoms. The molecule has 8 nitrogen and oxygen atoms in total. The summed E-state index contributed by atoms with van der Waals surface area (Å²) >= 11 is 0. The van der Waals surface area contributed by atoms with E-state index in [2.05, 4.69) is 22.2 Å². The highest BCUT2D eigenvalue weighted by atomic mass is 32.2. The first kappa shape index (κ1) is 19.8. The quantitative estimate of drug-likeness (QED) is 0.659. The molecule has 1 unspecified atom stereocenters. The number of rotatable bonds is 6. The summed E-state index contributed by atoms with van der Waals surface area (Å²) in [5.74, 6) is -0.417. The Hall–Kier alpha value is -1.99. The highest BCUT2D eigenvalue weighted by molar-refractivity contribution is 7.89. The monoisotopic (exact) mass is 391 g/mol. The van der Waals surface area contributed by atoms with Gasteiger partial charge in [0.05, 0.1) is 11.0 Å². The Kier molecular flexibility index (Phi) is 5.81. The lowest BCUT2D eigenvalue weighted by Crippen LogP contribution is -2.45. The summed E-state index contributed by atoms with van der Waals surface area (Å²) in [5, 5.41) is 12.2. The van der Waals surface area contributed by atoms with Crippen LogP contribution >= 0.6 is 0 Å². The van der Waals surface area contributed by atoms with Gasteiger partial charge in [-0.05, 0) is 50.3 Å². The van der Waals surface area contributed by atoms with E-state index in [-0.39, 0.29) is 16.5 Å². The van der Waals surface area contributed by atoms with Crippen LogP contribution < -0.4 is 16.2 Å². The second-order valence-electron chi connectivity index (χ2n) is 7.23. The van der Waals surface area contributed by atoms with Gasteiger partial charge in [-0.1, -0.05) is 6.07 Å². The van der Waals surface area contributed by atoms with Crippen LogP contribution in [0.15, 0.2) is 29.2 Å². The van der Waals surface area contributed by atoms with Crippen LogP contribution in [-0.2, 0) is 10.0 Å². The van der Waals surface area contributed by atoms with Gasteiger partial charge in [0.1, 0.15) is 5.54 Å². The average Bonchev–Trinajstić information content (AvgIpc) is 3.34. The predicted octanol–water partition coefficient (Wildman–Crippen LogP) is 0.740. The van der Waals surface area contributed by atoms with Gasteiger partial charge >= 0.3 is 0 Å². The van der Waals surface area contributed by atoms with E-state index in [9.17, 15) is 18.5 Å². The normalized spacial score (nSPS) is 21.9. The molecule has 1 aliphatic heterocycles. The Balaban J connectivity index is 1.76. The summed E-state index contributed by atoms with van der Waals surface area (Å²) in [6.45, 7) is 1.14. The number of nitriles is 1. The lowest BCUT2D eigenvalue weighted by Gasteiger charge is -2.23. The summed E-state index contributed by atoms with van der Waals surface area (Å²) in [7, 11) is -2.18. The Bertz CT molecular complexity index is 837. The van der Waals surface area contributed by atoms with Crippen molar-refractivity contribution >= 4 is 15.9 Å². The molecule has 1 atom stereocenters. The molecule has 1 saturated heterocycles.